The summed E-state index contributed by atoms with van der Waals surface area (Å²) in [7, 11) is 0. The maximum Gasteiger partial charge on any atom is 0.417 e. The first kappa shape index (κ1) is 28.4. The van der Waals surface area contributed by atoms with Crippen LogP contribution >= 0.6 is 34.5 Å². The Labute approximate surface area is 242 Å². The van der Waals surface area contributed by atoms with Crippen molar-refractivity contribution in [2.75, 3.05) is 5.32 Å². The van der Waals surface area contributed by atoms with Crippen molar-refractivity contribution in [2.24, 2.45) is 5.41 Å². The number of hydrogen-bond donors (Lipinski definition) is 1. The van der Waals surface area contributed by atoms with E-state index in [1.165, 1.54) is 34.5 Å². The van der Waals surface area contributed by atoms with Crippen LogP contribution in [0, 0.1) is 5.41 Å². The van der Waals surface area contributed by atoms with Crippen LogP contribution in [-0.2, 0) is 24.9 Å². The van der Waals surface area contributed by atoms with E-state index >= 15 is 0 Å². The Morgan fingerprint density at radius 1 is 1.15 bits per heavy atom. The van der Waals surface area contributed by atoms with E-state index in [2.05, 4.69) is 24.3 Å². The predicted octanol–water partition coefficient (Wildman–Crippen LogP) is 8.34. The number of hydrogen-bond acceptors (Lipinski definition) is 4. The van der Waals surface area contributed by atoms with E-state index in [0.717, 1.165) is 41.0 Å². The summed E-state index contributed by atoms with van der Waals surface area (Å²) in [5, 5.41) is 7.09. The van der Waals surface area contributed by atoms with Crippen LogP contribution in [0.2, 0.25) is 5.02 Å². The van der Waals surface area contributed by atoms with Gasteiger partial charge in [0.1, 0.15) is 5.00 Å². The van der Waals surface area contributed by atoms with Crippen molar-refractivity contribution in [1.29, 1.82) is 0 Å². The zero-order chi connectivity index (χ0) is 28.8. The monoisotopic (exact) mass is 605 g/mol. The third-order valence-electron chi connectivity index (χ3n) is 6.94. The van der Waals surface area contributed by atoms with Crippen molar-refractivity contribution in [3.8, 4) is 5.69 Å². The molecule has 1 amide bonds. The maximum absolute atomic E-state index is 13.9. The highest BCUT2D eigenvalue weighted by molar-refractivity contribution is 7.17. The van der Waals surface area contributed by atoms with Gasteiger partial charge in [-0.1, -0.05) is 37.6 Å². The van der Waals surface area contributed by atoms with Crippen molar-refractivity contribution in [3.63, 3.8) is 0 Å². The molecule has 2 aromatic carbocycles. The Kier molecular flexibility index (Phi) is 7.58. The quantitative estimate of drug-likeness (QED) is 0.177. The van der Waals surface area contributed by atoms with Gasteiger partial charge in [-0.2, -0.15) is 18.3 Å². The molecule has 0 atom stereocenters. The number of benzene rings is 2. The number of ketones is 1. The van der Waals surface area contributed by atoms with Crippen molar-refractivity contribution in [3.05, 3.63) is 98.1 Å². The molecule has 2 heterocycles. The van der Waals surface area contributed by atoms with Crippen LogP contribution < -0.4 is 5.32 Å². The van der Waals surface area contributed by atoms with E-state index in [9.17, 15) is 22.8 Å². The summed E-state index contributed by atoms with van der Waals surface area (Å²) in [6.45, 7) is 4.33. The van der Waals surface area contributed by atoms with Crippen LogP contribution in [0.25, 0.3) is 5.69 Å². The van der Waals surface area contributed by atoms with Crippen LogP contribution in [0.3, 0.4) is 0 Å². The molecule has 40 heavy (non-hydrogen) atoms. The smallest absolute Gasteiger partial charge is 0.313 e. The second-order valence-electron chi connectivity index (χ2n) is 10.5. The van der Waals surface area contributed by atoms with E-state index in [4.69, 9.17) is 23.2 Å². The minimum Gasteiger partial charge on any atom is -0.313 e. The molecule has 0 radical (unpaired) electrons. The Bertz CT molecular complexity index is 1620. The number of nitrogens with one attached hydrogen (secondary N) is 1. The fourth-order valence-electron chi connectivity index (χ4n) is 4.80. The lowest BCUT2D eigenvalue weighted by Crippen LogP contribution is -2.22. The summed E-state index contributed by atoms with van der Waals surface area (Å²) in [5.74, 6) is -0.469. The maximum atomic E-state index is 13.9. The lowest BCUT2D eigenvalue weighted by atomic mass is 9.76. The topological polar surface area (TPSA) is 64.0 Å². The van der Waals surface area contributed by atoms with Gasteiger partial charge in [0.05, 0.1) is 33.6 Å². The van der Waals surface area contributed by atoms with Gasteiger partial charge in [-0.15, -0.1) is 22.9 Å². The molecular formula is C29H24Cl2F3N3O2S. The first-order valence-corrected chi connectivity index (χ1v) is 14.2. The number of amides is 1. The van der Waals surface area contributed by atoms with Gasteiger partial charge in [-0.25, -0.2) is 4.68 Å². The Morgan fingerprint density at radius 2 is 1.93 bits per heavy atom. The lowest BCUT2D eigenvalue weighted by molar-refractivity contribution is -0.137. The molecular weight excluding hydrogens is 582 g/mol. The van der Waals surface area contributed by atoms with Crippen molar-refractivity contribution in [1.82, 2.24) is 9.78 Å². The molecule has 2 aromatic heterocycles. The predicted molar refractivity (Wildman–Crippen MR) is 151 cm³/mol. The van der Waals surface area contributed by atoms with E-state index in [-0.39, 0.29) is 34.2 Å². The Balaban J connectivity index is 1.51. The van der Waals surface area contributed by atoms with E-state index < -0.39 is 16.8 Å². The molecule has 0 spiro atoms. The molecule has 0 unspecified atom stereocenters. The average Bonchev–Trinajstić information content (AvgIpc) is 3.52. The Morgan fingerprint density at radius 3 is 2.65 bits per heavy atom. The molecule has 5 rings (SSSR count). The van der Waals surface area contributed by atoms with Gasteiger partial charge in [0.15, 0.2) is 5.78 Å². The molecule has 4 aromatic rings. The number of fused-ring (bicyclic) bond motifs is 1. The van der Waals surface area contributed by atoms with Crippen molar-refractivity contribution < 1.29 is 22.8 Å². The second kappa shape index (κ2) is 10.7. The molecule has 0 saturated heterocycles. The number of anilines is 1. The summed E-state index contributed by atoms with van der Waals surface area (Å²) < 4.78 is 41.4. The van der Waals surface area contributed by atoms with E-state index in [0.29, 0.717) is 22.5 Å². The lowest BCUT2D eigenvalue weighted by Gasteiger charge is -2.29. The van der Waals surface area contributed by atoms with Gasteiger partial charge in [0.2, 0.25) is 0 Å². The number of alkyl halides is 4. The van der Waals surface area contributed by atoms with Crippen LogP contribution in [-0.4, -0.2) is 21.5 Å². The number of nitrogens with zero attached hydrogens (tertiary/aromatic N) is 2. The zero-order valence-corrected chi connectivity index (χ0v) is 23.9. The highest BCUT2D eigenvalue weighted by atomic mass is 35.5. The molecule has 0 fully saturated rings. The third-order valence-corrected chi connectivity index (χ3v) is 8.73. The summed E-state index contributed by atoms with van der Waals surface area (Å²) in [6.07, 6.45) is 0.354. The number of aromatic nitrogens is 2. The van der Waals surface area contributed by atoms with E-state index in [1.807, 2.05) is 6.07 Å². The van der Waals surface area contributed by atoms with Gasteiger partial charge in [-0.3, -0.25) is 9.59 Å². The summed E-state index contributed by atoms with van der Waals surface area (Å²) in [5.41, 5.74) is 1.84. The second-order valence-corrected chi connectivity index (χ2v) is 12.3. The van der Waals surface area contributed by atoms with Gasteiger partial charge in [-0.05, 0) is 66.1 Å². The number of carbonyl (C=O) groups is 2. The molecule has 0 aliphatic heterocycles. The van der Waals surface area contributed by atoms with Gasteiger partial charge in [0.25, 0.3) is 5.91 Å². The van der Waals surface area contributed by atoms with Crippen LogP contribution in [0.4, 0.5) is 18.2 Å². The summed E-state index contributed by atoms with van der Waals surface area (Å²) in [4.78, 5) is 28.1. The molecule has 1 N–H and O–H groups in total. The highest BCUT2D eigenvalue weighted by Crippen LogP contribution is 2.45. The van der Waals surface area contributed by atoms with Gasteiger partial charge < -0.3 is 5.32 Å². The fraction of sp³-hybridized carbons (Fsp3) is 0.276. The first-order chi connectivity index (χ1) is 18.9. The number of halogens is 5. The molecule has 1 aliphatic carbocycles. The highest BCUT2D eigenvalue weighted by Gasteiger charge is 2.35. The van der Waals surface area contributed by atoms with Crippen LogP contribution in [0.1, 0.15) is 68.1 Å². The molecule has 11 heteroatoms. The minimum absolute atomic E-state index is 0.0454. The molecule has 5 nitrogen and oxygen atoms in total. The number of carbonyl (C=O) groups excluding carboxylic acids is 2. The third kappa shape index (κ3) is 5.68. The fourth-order valence-corrected chi connectivity index (χ4v) is 6.69. The largest absolute Gasteiger partial charge is 0.417 e. The standard InChI is InChI=1S/C29H24Cl2F3N3O2S/c1-28(2)9-8-20-23(12-28)40-27(36-26(39)17-5-3-4-16(10-17)13-30)24(20)25(38)18-14-35-37(15-18)19-6-7-22(31)21(11-19)29(32,33)34/h3-7,10-11,14-15H,8-9,12-13H2,1-2H3,(H,36,39). The minimum atomic E-state index is -4.64. The number of thiophene rings is 1. The summed E-state index contributed by atoms with van der Waals surface area (Å²) in [6, 6.07) is 10.4. The molecule has 0 saturated carbocycles. The SMILES string of the molecule is CC1(C)CCc2c(sc(NC(=O)c3cccc(CCl)c3)c2C(=O)c2cnn(-c3ccc(Cl)c(C(F)(F)F)c3)c2)C1. The average molecular weight is 606 g/mol. The molecule has 208 valence electrons. The van der Waals surface area contributed by atoms with Crippen LogP contribution in [0.5, 0.6) is 0 Å². The number of rotatable bonds is 6. The van der Waals surface area contributed by atoms with Gasteiger partial charge >= 0.3 is 6.18 Å². The zero-order valence-electron chi connectivity index (χ0n) is 21.5. The van der Waals surface area contributed by atoms with Crippen LogP contribution in [0.15, 0.2) is 54.9 Å². The molecule has 1 aliphatic rings. The van der Waals surface area contributed by atoms with Gasteiger partial charge in [0, 0.05) is 22.5 Å². The summed E-state index contributed by atoms with van der Waals surface area (Å²) >= 11 is 13.1. The van der Waals surface area contributed by atoms with Crippen molar-refractivity contribution >= 4 is 51.2 Å². The first-order valence-electron chi connectivity index (χ1n) is 12.4. The molecule has 0 bridgehead atoms. The normalized spacial score (nSPS) is 14.6. The van der Waals surface area contributed by atoms with Crippen molar-refractivity contribution in [2.45, 2.75) is 45.2 Å². The van der Waals surface area contributed by atoms with E-state index in [1.54, 1.807) is 18.2 Å². The Hall–Kier alpha value is -3.14.